The van der Waals surface area contributed by atoms with Crippen molar-refractivity contribution in [3.8, 4) is 5.75 Å². The Morgan fingerprint density at radius 1 is 1.23 bits per heavy atom. The summed E-state index contributed by atoms with van der Waals surface area (Å²) in [6, 6.07) is 13.4. The summed E-state index contributed by atoms with van der Waals surface area (Å²) in [6.45, 7) is 5.97. The van der Waals surface area contributed by atoms with Crippen molar-refractivity contribution in [1.82, 2.24) is 14.8 Å². The van der Waals surface area contributed by atoms with Crippen LogP contribution in [-0.2, 0) is 18.3 Å². The molecule has 2 aromatic carbocycles. The quantitative estimate of drug-likeness (QED) is 0.483. The van der Waals surface area contributed by atoms with Crippen LogP contribution in [0, 0.1) is 6.92 Å². The van der Waals surface area contributed by atoms with Gasteiger partial charge >= 0.3 is 0 Å². The molecular formula is C22H25ClN4O2S. The Morgan fingerprint density at radius 3 is 2.67 bits per heavy atom. The average molecular weight is 445 g/mol. The lowest BCUT2D eigenvalue weighted by Crippen LogP contribution is -2.15. The fraction of sp³-hybridized carbons (Fsp3) is 0.318. The topological polar surface area (TPSA) is 69.0 Å². The molecule has 1 aromatic heterocycles. The molecule has 1 N–H and O–H groups in total. The Morgan fingerprint density at radius 2 is 1.97 bits per heavy atom. The Hall–Kier alpha value is -2.51. The molecule has 0 saturated carbocycles. The summed E-state index contributed by atoms with van der Waals surface area (Å²) in [5, 5.41) is 12.6. The number of aryl methyl sites for hydroxylation is 2. The van der Waals surface area contributed by atoms with Crippen molar-refractivity contribution in [2.45, 2.75) is 38.5 Å². The Balaban J connectivity index is 1.59. The molecule has 0 spiro atoms. The van der Waals surface area contributed by atoms with Crippen molar-refractivity contribution in [2.24, 2.45) is 7.05 Å². The minimum atomic E-state index is -0.271. The lowest BCUT2D eigenvalue weighted by atomic mass is 10.2. The summed E-state index contributed by atoms with van der Waals surface area (Å²) < 4.78 is 7.85. The zero-order valence-corrected chi connectivity index (χ0v) is 19.0. The van der Waals surface area contributed by atoms with Crippen molar-refractivity contribution in [3.63, 3.8) is 0 Å². The number of carbonyl (C=O) groups is 1. The van der Waals surface area contributed by atoms with E-state index in [2.05, 4.69) is 34.6 Å². The second kappa shape index (κ2) is 10.00. The van der Waals surface area contributed by atoms with Crippen molar-refractivity contribution in [3.05, 3.63) is 64.4 Å². The van der Waals surface area contributed by atoms with Gasteiger partial charge in [0.25, 0.3) is 0 Å². The maximum Gasteiger partial charge on any atom is 0.234 e. The van der Waals surface area contributed by atoms with Gasteiger partial charge in [0.05, 0.1) is 5.75 Å². The molecule has 1 atom stereocenters. The second-order valence-electron chi connectivity index (χ2n) is 6.95. The summed E-state index contributed by atoms with van der Waals surface area (Å²) in [7, 11) is 1.87. The van der Waals surface area contributed by atoms with Gasteiger partial charge < -0.3 is 14.6 Å². The van der Waals surface area contributed by atoms with Crippen LogP contribution >= 0.6 is 23.4 Å². The lowest BCUT2D eigenvalue weighted by Gasteiger charge is -2.14. The maximum absolute atomic E-state index is 12.3. The van der Waals surface area contributed by atoms with Crippen molar-refractivity contribution < 1.29 is 9.53 Å². The van der Waals surface area contributed by atoms with Crippen LogP contribution in [0.2, 0.25) is 5.02 Å². The van der Waals surface area contributed by atoms with E-state index in [1.807, 2.05) is 43.7 Å². The van der Waals surface area contributed by atoms with Gasteiger partial charge in [0.2, 0.25) is 5.91 Å². The van der Waals surface area contributed by atoms with Crippen LogP contribution in [0.1, 0.15) is 36.9 Å². The van der Waals surface area contributed by atoms with E-state index in [4.69, 9.17) is 16.3 Å². The molecule has 1 amide bonds. The number of ether oxygens (including phenoxy) is 1. The van der Waals surface area contributed by atoms with Gasteiger partial charge in [-0.25, -0.2) is 0 Å². The van der Waals surface area contributed by atoms with Crippen LogP contribution in [-0.4, -0.2) is 26.4 Å². The minimum absolute atomic E-state index is 0.129. The first-order valence-electron chi connectivity index (χ1n) is 9.71. The van der Waals surface area contributed by atoms with E-state index in [9.17, 15) is 4.79 Å². The van der Waals surface area contributed by atoms with Gasteiger partial charge in [-0.1, -0.05) is 48.5 Å². The molecule has 8 heteroatoms. The first-order valence-corrected chi connectivity index (χ1v) is 11.1. The summed E-state index contributed by atoms with van der Waals surface area (Å²) in [5.74, 6) is 1.57. The van der Waals surface area contributed by atoms with Crippen molar-refractivity contribution >= 4 is 35.0 Å². The monoisotopic (exact) mass is 444 g/mol. The first kappa shape index (κ1) is 22.2. The van der Waals surface area contributed by atoms with E-state index in [0.29, 0.717) is 21.7 Å². The number of hydrogen-bond acceptors (Lipinski definition) is 5. The third-order valence-electron chi connectivity index (χ3n) is 4.68. The fourth-order valence-corrected chi connectivity index (χ4v) is 3.80. The lowest BCUT2D eigenvalue weighted by molar-refractivity contribution is -0.113. The smallest absolute Gasteiger partial charge is 0.234 e. The zero-order chi connectivity index (χ0) is 21.7. The standard InChI is InChI=1S/C22H25ClN4O2S/c1-5-16-7-10-18(11-8-16)29-15(3)21-25-26-22(27(21)4)30-13-20(28)24-19-12-17(23)9-6-14(19)2/h6-12,15H,5,13H2,1-4H3,(H,24,28)/t15-/m1/s1. The highest BCUT2D eigenvalue weighted by atomic mass is 35.5. The molecular weight excluding hydrogens is 420 g/mol. The number of halogens is 1. The number of carbonyl (C=O) groups excluding carboxylic acids is 1. The van der Waals surface area contributed by atoms with E-state index in [1.54, 1.807) is 12.1 Å². The van der Waals surface area contributed by atoms with E-state index >= 15 is 0 Å². The molecule has 6 nitrogen and oxygen atoms in total. The highest BCUT2D eigenvalue weighted by Gasteiger charge is 2.18. The summed E-state index contributed by atoms with van der Waals surface area (Å²) >= 11 is 7.33. The number of aromatic nitrogens is 3. The van der Waals surface area contributed by atoms with Crippen molar-refractivity contribution in [2.75, 3.05) is 11.1 Å². The first-order chi connectivity index (χ1) is 14.4. The van der Waals surface area contributed by atoms with E-state index in [1.165, 1.54) is 17.3 Å². The number of rotatable bonds is 8. The van der Waals surface area contributed by atoms with E-state index < -0.39 is 0 Å². The summed E-state index contributed by atoms with van der Waals surface area (Å²) in [5.41, 5.74) is 2.93. The van der Waals surface area contributed by atoms with Crippen molar-refractivity contribution in [1.29, 1.82) is 0 Å². The third kappa shape index (κ3) is 5.55. The highest BCUT2D eigenvalue weighted by Crippen LogP contribution is 2.25. The molecule has 0 radical (unpaired) electrons. The Bertz CT molecular complexity index is 1020. The number of nitrogens with one attached hydrogen (secondary N) is 1. The molecule has 30 heavy (non-hydrogen) atoms. The van der Waals surface area contributed by atoms with Crippen LogP contribution in [0.15, 0.2) is 47.6 Å². The minimum Gasteiger partial charge on any atom is -0.483 e. The Kier molecular flexibility index (Phi) is 7.39. The Labute approximate surface area is 186 Å². The fourth-order valence-electron chi connectivity index (χ4n) is 2.91. The molecule has 1 heterocycles. The predicted molar refractivity (Wildman–Crippen MR) is 121 cm³/mol. The van der Waals surface area contributed by atoms with Gasteiger partial charge in [-0.05, 0) is 55.7 Å². The van der Waals surface area contributed by atoms with Crippen LogP contribution in [0.25, 0.3) is 0 Å². The van der Waals surface area contributed by atoms with Gasteiger partial charge in [0.1, 0.15) is 5.75 Å². The van der Waals surface area contributed by atoms with Crippen LogP contribution in [0.4, 0.5) is 5.69 Å². The van der Waals surface area contributed by atoms with Gasteiger partial charge in [-0.2, -0.15) is 0 Å². The summed E-state index contributed by atoms with van der Waals surface area (Å²) in [4.78, 5) is 12.3. The van der Waals surface area contributed by atoms with E-state index in [-0.39, 0.29) is 17.8 Å². The number of hydrogen-bond donors (Lipinski definition) is 1. The van der Waals surface area contributed by atoms with Gasteiger partial charge in [0, 0.05) is 17.8 Å². The van der Waals surface area contributed by atoms with Crippen LogP contribution in [0.5, 0.6) is 5.75 Å². The van der Waals surface area contributed by atoms with Crippen LogP contribution in [0.3, 0.4) is 0 Å². The summed E-state index contributed by atoms with van der Waals surface area (Å²) in [6.07, 6.45) is 0.719. The highest BCUT2D eigenvalue weighted by molar-refractivity contribution is 7.99. The number of nitrogens with zero attached hydrogens (tertiary/aromatic N) is 3. The van der Waals surface area contributed by atoms with Gasteiger partial charge in [0.15, 0.2) is 17.1 Å². The molecule has 0 aliphatic rings. The third-order valence-corrected chi connectivity index (χ3v) is 5.94. The average Bonchev–Trinajstić information content (AvgIpc) is 3.10. The molecule has 0 fully saturated rings. The second-order valence-corrected chi connectivity index (χ2v) is 8.33. The molecule has 0 aliphatic heterocycles. The molecule has 3 aromatic rings. The van der Waals surface area contributed by atoms with Gasteiger partial charge in [-0.15, -0.1) is 10.2 Å². The SMILES string of the molecule is CCc1ccc(O[C@H](C)c2nnc(SCC(=O)Nc3cc(Cl)ccc3C)n2C)cc1. The van der Waals surface area contributed by atoms with Gasteiger partial charge in [-0.3, -0.25) is 4.79 Å². The number of thioether (sulfide) groups is 1. The molecule has 0 unspecified atom stereocenters. The number of anilines is 1. The molecule has 158 valence electrons. The molecule has 0 saturated heterocycles. The predicted octanol–water partition coefficient (Wildman–Crippen LogP) is 5.21. The van der Waals surface area contributed by atoms with E-state index in [0.717, 1.165) is 17.7 Å². The molecule has 0 aliphatic carbocycles. The number of benzene rings is 2. The maximum atomic E-state index is 12.3. The largest absolute Gasteiger partial charge is 0.483 e. The molecule has 3 rings (SSSR count). The normalized spacial score (nSPS) is 11.9. The number of amides is 1. The molecule has 0 bridgehead atoms. The zero-order valence-electron chi connectivity index (χ0n) is 17.5. The van der Waals surface area contributed by atoms with Crippen LogP contribution < -0.4 is 10.1 Å².